The van der Waals surface area contributed by atoms with Gasteiger partial charge in [0.25, 0.3) is 5.91 Å². The number of carbonyl (C=O) groups is 1. The summed E-state index contributed by atoms with van der Waals surface area (Å²) in [6.07, 6.45) is 5.63. The molecule has 0 unspecified atom stereocenters. The summed E-state index contributed by atoms with van der Waals surface area (Å²) in [7, 11) is 0. The predicted molar refractivity (Wildman–Crippen MR) is 71.5 cm³/mol. The number of aromatic nitrogens is 1. The first-order valence-corrected chi connectivity index (χ1v) is 7.29. The van der Waals surface area contributed by atoms with Crippen molar-refractivity contribution in [2.75, 3.05) is 13.1 Å². The third kappa shape index (κ3) is 2.34. The first-order chi connectivity index (χ1) is 8.65. The molecule has 3 rings (SSSR count). The van der Waals surface area contributed by atoms with Crippen LogP contribution in [0, 0.1) is 0 Å². The van der Waals surface area contributed by atoms with Crippen LogP contribution >= 0.6 is 15.9 Å². The van der Waals surface area contributed by atoms with E-state index in [9.17, 15) is 9.90 Å². The largest absolute Gasteiger partial charge is 0.391 e. The number of halogens is 1. The Hall–Kier alpha value is -0.810. The Balaban J connectivity index is 1.82. The summed E-state index contributed by atoms with van der Waals surface area (Å²) < 4.78 is 3.03. The zero-order chi connectivity index (χ0) is 12.7. The van der Waals surface area contributed by atoms with E-state index >= 15 is 0 Å². The molecule has 1 aliphatic heterocycles. The molecule has 1 aromatic rings. The molecule has 1 aromatic heterocycles. The second kappa shape index (κ2) is 4.70. The van der Waals surface area contributed by atoms with Crippen LogP contribution in [-0.4, -0.2) is 39.7 Å². The average molecular weight is 313 g/mol. The van der Waals surface area contributed by atoms with Crippen molar-refractivity contribution in [3.63, 3.8) is 0 Å². The Morgan fingerprint density at radius 1 is 1.39 bits per heavy atom. The van der Waals surface area contributed by atoms with Crippen LogP contribution in [0.3, 0.4) is 0 Å². The molecule has 0 spiro atoms. The van der Waals surface area contributed by atoms with Crippen LogP contribution in [0.2, 0.25) is 0 Å². The number of amides is 1. The van der Waals surface area contributed by atoms with Gasteiger partial charge in [0.1, 0.15) is 5.69 Å². The summed E-state index contributed by atoms with van der Waals surface area (Å²) in [5.41, 5.74) is 0.749. The monoisotopic (exact) mass is 312 g/mol. The number of aliphatic hydroxyl groups is 1. The van der Waals surface area contributed by atoms with Gasteiger partial charge in [0, 0.05) is 29.8 Å². The van der Waals surface area contributed by atoms with Crippen molar-refractivity contribution in [1.82, 2.24) is 9.47 Å². The number of piperidine rings is 1. The highest BCUT2D eigenvalue weighted by Gasteiger charge is 2.30. The Kier molecular flexibility index (Phi) is 3.20. The summed E-state index contributed by atoms with van der Waals surface area (Å²) in [4.78, 5) is 14.3. The molecule has 98 valence electrons. The van der Waals surface area contributed by atoms with E-state index in [0.717, 1.165) is 42.4 Å². The molecule has 0 bridgehead atoms. The molecule has 4 nitrogen and oxygen atoms in total. The van der Waals surface area contributed by atoms with Gasteiger partial charge in [0.2, 0.25) is 0 Å². The zero-order valence-electron chi connectivity index (χ0n) is 10.2. The van der Waals surface area contributed by atoms with E-state index in [1.54, 1.807) is 4.90 Å². The van der Waals surface area contributed by atoms with Gasteiger partial charge in [-0.2, -0.15) is 0 Å². The van der Waals surface area contributed by atoms with Gasteiger partial charge in [0.15, 0.2) is 0 Å². The van der Waals surface area contributed by atoms with Crippen molar-refractivity contribution in [1.29, 1.82) is 0 Å². The summed E-state index contributed by atoms with van der Waals surface area (Å²) in [5.74, 6) is 0.0475. The van der Waals surface area contributed by atoms with Crippen LogP contribution in [0.4, 0.5) is 0 Å². The Labute approximate surface area is 115 Å². The normalized spacial score (nSPS) is 24.3. The maximum absolute atomic E-state index is 12.5. The fraction of sp³-hybridized carbons (Fsp3) is 0.615. The number of β-amino-alcohol motifs (C(OH)–C–C–N with tert-alkyl or cyclic N) is 1. The Bertz CT molecular complexity index is 468. The van der Waals surface area contributed by atoms with E-state index in [1.807, 2.05) is 12.3 Å². The number of aliphatic hydroxyl groups excluding tert-OH is 1. The van der Waals surface area contributed by atoms with Crippen LogP contribution in [0.1, 0.15) is 42.2 Å². The lowest BCUT2D eigenvalue weighted by atomic mass is 10.1. The molecule has 2 fully saturated rings. The van der Waals surface area contributed by atoms with Gasteiger partial charge in [-0.1, -0.05) is 0 Å². The quantitative estimate of drug-likeness (QED) is 0.910. The maximum atomic E-state index is 12.5. The minimum Gasteiger partial charge on any atom is -0.391 e. The topological polar surface area (TPSA) is 45.5 Å². The standard InChI is InChI=1S/C13H17BrN2O2/c14-9-6-12(16(7-9)10-3-4-10)13(18)15-5-1-2-11(17)8-15/h6-7,10-11,17H,1-5,8H2/t11-/m0/s1. The second-order valence-corrected chi connectivity index (χ2v) is 6.14. The molecule has 18 heavy (non-hydrogen) atoms. The smallest absolute Gasteiger partial charge is 0.270 e. The first kappa shape index (κ1) is 12.2. The maximum Gasteiger partial charge on any atom is 0.270 e. The van der Waals surface area contributed by atoms with Crippen LogP contribution in [0.15, 0.2) is 16.7 Å². The van der Waals surface area contributed by atoms with Crippen LogP contribution in [0.25, 0.3) is 0 Å². The average Bonchev–Trinajstić information content (AvgIpc) is 3.12. The zero-order valence-corrected chi connectivity index (χ0v) is 11.8. The molecule has 1 N–H and O–H groups in total. The summed E-state index contributed by atoms with van der Waals surface area (Å²) in [5, 5.41) is 9.66. The number of rotatable bonds is 2. The fourth-order valence-corrected chi connectivity index (χ4v) is 3.01. The molecule has 0 aromatic carbocycles. The molecular formula is C13H17BrN2O2. The third-order valence-corrected chi connectivity index (χ3v) is 4.09. The molecule has 2 aliphatic rings. The van der Waals surface area contributed by atoms with E-state index in [-0.39, 0.29) is 12.0 Å². The molecular weight excluding hydrogens is 296 g/mol. The van der Waals surface area contributed by atoms with Crippen LogP contribution < -0.4 is 0 Å². The van der Waals surface area contributed by atoms with Crippen molar-refractivity contribution in [3.8, 4) is 0 Å². The predicted octanol–water partition coefficient (Wildman–Crippen LogP) is 2.18. The lowest BCUT2D eigenvalue weighted by molar-refractivity contribution is 0.0465. The Morgan fingerprint density at radius 3 is 2.83 bits per heavy atom. The summed E-state index contributed by atoms with van der Waals surface area (Å²) in [6.45, 7) is 1.22. The lowest BCUT2D eigenvalue weighted by Crippen LogP contribution is -2.42. The van der Waals surface area contributed by atoms with Gasteiger partial charge in [0.05, 0.1) is 6.10 Å². The highest BCUT2D eigenvalue weighted by atomic mass is 79.9. The van der Waals surface area contributed by atoms with Gasteiger partial charge < -0.3 is 14.6 Å². The van der Waals surface area contributed by atoms with Crippen molar-refractivity contribution >= 4 is 21.8 Å². The molecule has 1 saturated carbocycles. The number of hydrogen-bond acceptors (Lipinski definition) is 2. The van der Waals surface area contributed by atoms with E-state index in [2.05, 4.69) is 20.5 Å². The minimum absolute atomic E-state index is 0.0475. The molecule has 5 heteroatoms. The fourth-order valence-electron chi connectivity index (χ4n) is 2.57. The number of likely N-dealkylation sites (tertiary alicyclic amines) is 1. The van der Waals surface area contributed by atoms with E-state index < -0.39 is 0 Å². The molecule has 2 heterocycles. The third-order valence-electron chi connectivity index (χ3n) is 3.66. The van der Waals surface area contributed by atoms with Crippen molar-refractivity contribution in [2.45, 2.75) is 37.8 Å². The van der Waals surface area contributed by atoms with Crippen molar-refractivity contribution in [2.24, 2.45) is 0 Å². The van der Waals surface area contributed by atoms with E-state index in [1.165, 1.54) is 0 Å². The second-order valence-electron chi connectivity index (χ2n) is 5.23. The molecule has 1 atom stereocenters. The van der Waals surface area contributed by atoms with E-state index in [4.69, 9.17) is 0 Å². The lowest BCUT2D eigenvalue weighted by Gasteiger charge is -2.30. The minimum atomic E-state index is -0.365. The summed E-state index contributed by atoms with van der Waals surface area (Å²) in [6, 6.07) is 2.38. The number of nitrogens with zero attached hydrogens (tertiary/aromatic N) is 2. The summed E-state index contributed by atoms with van der Waals surface area (Å²) >= 11 is 3.44. The molecule has 1 saturated heterocycles. The highest BCUT2D eigenvalue weighted by Crippen LogP contribution is 2.37. The van der Waals surface area contributed by atoms with Crippen molar-refractivity contribution in [3.05, 3.63) is 22.4 Å². The number of carbonyl (C=O) groups excluding carboxylic acids is 1. The first-order valence-electron chi connectivity index (χ1n) is 6.50. The SMILES string of the molecule is O=C(c1cc(Br)cn1C1CC1)N1CCC[C@H](O)C1. The highest BCUT2D eigenvalue weighted by molar-refractivity contribution is 9.10. The van der Waals surface area contributed by atoms with Crippen LogP contribution in [-0.2, 0) is 0 Å². The molecule has 1 aliphatic carbocycles. The van der Waals surface area contributed by atoms with Crippen LogP contribution in [0.5, 0.6) is 0 Å². The van der Waals surface area contributed by atoms with Gasteiger partial charge in [-0.3, -0.25) is 4.79 Å². The molecule has 1 amide bonds. The van der Waals surface area contributed by atoms with Gasteiger partial charge >= 0.3 is 0 Å². The van der Waals surface area contributed by atoms with Crippen molar-refractivity contribution < 1.29 is 9.90 Å². The van der Waals surface area contributed by atoms with Gasteiger partial charge in [-0.05, 0) is 47.7 Å². The molecule has 0 radical (unpaired) electrons. The Morgan fingerprint density at radius 2 is 2.17 bits per heavy atom. The number of hydrogen-bond donors (Lipinski definition) is 1. The van der Waals surface area contributed by atoms with Gasteiger partial charge in [-0.15, -0.1) is 0 Å². The van der Waals surface area contributed by atoms with E-state index in [0.29, 0.717) is 12.6 Å². The van der Waals surface area contributed by atoms with Gasteiger partial charge in [-0.25, -0.2) is 0 Å².